The first-order valence-corrected chi connectivity index (χ1v) is 10.4. The summed E-state index contributed by atoms with van der Waals surface area (Å²) in [7, 11) is 3.70. The molecule has 1 heterocycles. The number of carbonyl (C=O) groups excluding carboxylic acids is 1. The van der Waals surface area contributed by atoms with Crippen LogP contribution in [-0.4, -0.2) is 41.2 Å². The first-order chi connectivity index (χ1) is 13.3. The molecule has 0 spiro atoms. The van der Waals surface area contributed by atoms with Gasteiger partial charge in [0.15, 0.2) is 5.11 Å². The molecule has 0 fully saturated rings. The molecule has 4 nitrogen and oxygen atoms in total. The summed E-state index contributed by atoms with van der Waals surface area (Å²) in [4.78, 5) is 18.0. The van der Waals surface area contributed by atoms with Gasteiger partial charge in [0.1, 0.15) is 5.82 Å². The van der Waals surface area contributed by atoms with Gasteiger partial charge >= 0.3 is 0 Å². The van der Waals surface area contributed by atoms with Crippen molar-refractivity contribution in [2.45, 2.75) is 17.9 Å². The predicted octanol–water partition coefficient (Wildman–Crippen LogP) is 4.66. The Balaban J connectivity index is 2.05. The molecule has 0 aliphatic carbocycles. The highest BCUT2D eigenvalue weighted by atomic mass is 32.2. The average Bonchev–Trinajstić information content (AvgIpc) is 2.70. The lowest BCUT2D eigenvalue weighted by molar-refractivity contribution is -0.113. The summed E-state index contributed by atoms with van der Waals surface area (Å²) in [6, 6.07) is 13.9. The fourth-order valence-corrected chi connectivity index (χ4v) is 3.93. The summed E-state index contributed by atoms with van der Waals surface area (Å²) in [5, 5.41) is 3.34. The topological polar surface area (TPSA) is 35.6 Å². The minimum atomic E-state index is -0.469. The number of likely N-dealkylation sites (N-methyl/N-ethyl adjacent to an activating group) is 1. The van der Waals surface area contributed by atoms with Gasteiger partial charge in [-0.1, -0.05) is 24.3 Å². The Kier molecular flexibility index (Phi) is 6.05. The van der Waals surface area contributed by atoms with Gasteiger partial charge in [-0.3, -0.25) is 4.79 Å². The normalized spacial score (nSPS) is 17.2. The van der Waals surface area contributed by atoms with Crippen molar-refractivity contribution in [1.82, 2.24) is 9.80 Å². The molecule has 2 aromatic carbocycles. The van der Waals surface area contributed by atoms with Gasteiger partial charge < -0.3 is 15.1 Å². The third-order valence-corrected chi connectivity index (χ3v) is 6.25. The first kappa shape index (κ1) is 20.4. The van der Waals surface area contributed by atoms with Gasteiger partial charge in [-0.15, -0.1) is 11.8 Å². The zero-order chi connectivity index (χ0) is 20.4. The Morgan fingerprint density at radius 3 is 2.39 bits per heavy atom. The summed E-state index contributed by atoms with van der Waals surface area (Å²) in [6.07, 6.45) is 2.02. The first-order valence-electron chi connectivity index (χ1n) is 8.76. The second-order valence-corrected chi connectivity index (χ2v) is 7.81. The molecule has 1 aliphatic rings. The number of hydrogen-bond donors (Lipinski definition) is 1. The van der Waals surface area contributed by atoms with Crippen molar-refractivity contribution in [1.29, 1.82) is 0 Å². The second kappa shape index (κ2) is 8.32. The highest BCUT2D eigenvalue weighted by Crippen LogP contribution is 2.37. The van der Waals surface area contributed by atoms with Crippen LogP contribution in [0.15, 0.2) is 64.7 Å². The van der Waals surface area contributed by atoms with E-state index < -0.39 is 5.82 Å². The maximum atomic E-state index is 14.1. The Labute approximate surface area is 174 Å². The summed E-state index contributed by atoms with van der Waals surface area (Å²) in [5.41, 5.74) is 2.39. The Morgan fingerprint density at radius 2 is 1.79 bits per heavy atom. The van der Waals surface area contributed by atoms with Crippen LogP contribution in [-0.2, 0) is 4.79 Å². The monoisotopic (exact) mass is 415 g/mol. The average molecular weight is 416 g/mol. The maximum Gasteiger partial charge on any atom is 0.255 e. The van der Waals surface area contributed by atoms with Gasteiger partial charge in [-0.05, 0) is 55.2 Å². The molecule has 0 unspecified atom stereocenters. The largest absolute Gasteiger partial charge is 0.340 e. The van der Waals surface area contributed by atoms with Gasteiger partial charge in [0.05, 0.1) is 17.3 Å². The number of rotatable bonds is 4. The third-order valence-electron chi connectivity index (χ3n) is 4.94. The van der Waals surface area contributed by atoms with E-state index in [2.05, 4.69) is 5.32 Å². The molecule has 2 aromatic rings. The molecular formula is C21H22FN3OS2. The zero-order valence-electron chi connectivity index (χ0n) is 16.2. The molecule has 146 valence electrons. The number of benzene rings is 2. The number of hydrogen-bond acceptors (Lipinski definition) is 3. The molecule has 7 heteroatoms. The zero-order valence-corrected chi connectivity index (χ0v) is 17.8. The number of thiocarbonyl (C=S) groups is 1. The molecule has 28 heavy (non-hydrogen) atoms. The number of thioether (sulfide) groups is 1. The van der Waals surface area contributed by atoms with Gasteiger partial charge in [0.2, 0.25) is 0 Å². The SMILES string of the molecule is CSc1ccc([C@@H]2C(C(=O)Nc3ccccc3F)=C(C)N(C)C(=S)N2C)cc1. The molecule has 1 N–H and O–H groups in total. The number of carbonyl (C=O) groups is 1. The molecular weight excluding hydrogens is 393 g/mol. The van der Waals surface area contributed by atoms with Crippen molar-refractivity contribution in [3.63, 3.8) is 0 Å². The van der Waals surface area contributed by atoms with Gasteiger partial charge in [-0.25, -0.2) is 4.39 Å². The van der Waals surface area contributed by atoms with Crippen LogP contribution in [0.3, 0.4) is 0 Å². The van der Waals surface area contributed by atoms with E-state index in [-0.39, 0.29) is 17.6 Å². The van der Waals surface area contributed by atoms with Crippen LogP contribution in [0.2, 0.25) is 0 Å². The fraction of sp³-hybridized carbons (Fsp3) is 0.238. The van der Waals surface area contributed by atoms with Crippen molar-refractivity contribution in [3.8, 4) is 0 Å². The van der Waals surface area contributed by atoms with Crippen molar-refractivity contribution in [3.05, 3.63) is 71.2 Å². The molecule has 1 aliphatic heterocycles. The summed E-state index contributed by atoms with van der Waals surface area (Å²) in [5.74, 6) is -0.814. The van der Waals surface area contributed by atoms with Crippen molar-refractivity contribution >= 4 is 40.7 Å². The quantitative estimate of drug-likeness (QED) is 0.580. The molecule has 1 atom stereocenters. The number of para-hydroxylation sites is 1. The van der Waals surface area contributed by atoms with Gasteiger partial charge in [-0.2, -0.15) is 0 Å². The van der Waals surface area contributed by atoms with Crippen LogP contribution in [0.1, 0.15) is 18.5 Å². The van der Waals surface area contributed by atoms with Gasteiger partial charge in [0.25, 0.3) is 5.91 Å². The highest BCUT2D eigenvalue weighted by Gasteiger charge is 2.36. The molecule has 1 amide bonds. The molecule has 0 bridgehead atoms. The van der Waals surface area contributed by atoms with Crippen LogP contribution < -0.4 is 5.32 Å². The van der Waals surface area contributed by atoms with E-state index in [0.717, 1.165) is 16.2 Å². The van der Waals surface area contributed by atoms with Crippen LogP contribution >= 0.6 is 24.0 Å². The molecule has 3 rings (SSSR count). The summed E-state index contributed by atoms with van der Waals surface area (Å²) < 4.78 is 14.1. The van der Waals surface area contributed by atoms with Gasteiger partial charge in [0, 0.05) is 24.7 Å². The van der Waals surface area contributed by atoms with Crippen LogP contribution in [0, 0.1) is 5.82 Å². The van der Waals surface area contributed by atoms with Crippen LogP contribution in [0.4, 0.5) is 10.1 Å². The van der Waals surface area contributed by atoms with E-state index in [1.165, 1.54) is 6.07 Å². The molecule has 0 saturated carbocycles. The Bertz CT molecular complexity index is 943. The standard InChI is InChI=1S/C21H22FN3OS2/c1-13-18(20(26)23-17-8-6-5-7-16(17)22)19(25(3)21(27)24(13)2)14-9-11-15(28-4)12-10-14/h5-12,19H,1-4H3,(H,23,26)/t19-/m1/s1. The van der Waals surface area contributed by atoms with Crippen molar-refractivity contribution < 1.29 is 9.18 Å². The predicted molar refractivity (Wildman–Crippen MR) is 117 cm³/mol. The van der Waals surface area contributed by atoms with Crippen molar-refractivity contribution in [2.75, 3.05) is 25.7 Å². The smallest absolute Gasteiger partial charge is 0.255 e. The number of halogens is 1. The van der Waals surface area contributed by atoms with Crippen LogP contribution in [0.5, 0.6) is 0 Å². The number of amides is 1. The summed E-state index contributed by atoms with van der Waals surface area (Å²) in [6.45, 7) is 1.86. The summed E-state index contributed by atoms with van der Waals surface area (Å²) >= 11 is 7.22. The number of allylic oxidation sites excluding steroid dienone is 1. The molecule has 0 radical (unpaired) electrons. The number of nitrogens with zero attached hydrogens (tertiary/aromatic N) is 2. The number of nitrogens with one attached hydrogen (secondary N) is 1. The lowest BCUT2D eigenvalue weighted by Crippen LogP contribution is -2.47. The third kappa shape index (κ3) is 3.77. The lowest BCUT2D eigenvalue weighted by atomic mass is 9.93. The lowest BCUT2D eigenvalue weighted by Gasteiger charge is -2.42. The number of anilines is 1. The van der Waals surface area contributed by atoms with E-state index in [0.29, 0.717) is 10.7 Å². The molecule has 0 saturated heterocycles. The highest BCUT2D eigenvalue weighted by molar-refractivity contribution is 7.98. The van der Waals surface area contributed by atoms with Crippen molar-refractivity contribution in [2.24, 2.45) is 0 Å². The fourth-order valence-electron chi connectivity index (χ4n) is 3.28. The van der Waals surface area contributed by atoms with E-state index in [9.17, 15) is 9.18 Å². The minimum absolute atomic E-state index is 0.155. The maximum absolute atomic E-state index is 14.1. The Morgan fingerprint density at radius 1 is 1.14 bits per heavy atom. The van der Waals surface area contributed by atoms with E-state index in [1.807, 2.05) is 56.4 Å². The molecule has 0 aromatic heterocycles. The van der Waals surface area contributed by atoms with Crippen LogP contribution in [0.25, 0.3) is 0 Å². The van der Waals surface area contributed by atoms with E-state index in [4.69, 9.17) is 12.2 Å². The minimum Gasteiger partial charge on any atom is -0.340 e. The van der Waals surface area contributed by atoms with E-state index >= 15 is 0 Å². The second-order valence-electron chi connectivity index (χ2n) is 6.56. The Hall–Kier alpha value is -2.38. The van der Waals surface area contributed by atoms with E-state index in [1.54, 1.807) is 34.9 Å².